The fourth-order valence-electron chi connectivity index (χ4n) is 6.18. The van der Waals surface area contributed by atoms with E-state index in [0.717, 1.165) is 33.4 Å². The molecule has 0 fully saturated rings. The third-order valence-corrected chi connectivity index (χ3v) is 8.87. The Hall–Kier alpha value is -6.16. The fraction of sp³-hybridized carbons (Fsp3) is 0. The molecule has 49 heavy (non-hydrogen) atoms. The highest BCUT2D eigenvalue weighted by Crippen LogP contribution is 2.43. The topological polar surface area (TPSA) is 38.7 Å². The summed E-state index contributed by atoms with van der Waals surface area (Å²) in [4.78, 5) is 14.7. The van der Waals surface area contributed by atoms with Gasteiger partial charge in [0.05, 0.1) is 0 Å². The van der Waals surface area contributed by atoms with E-state index in [4.69, 9.17) is 26.6 Å². The average molecular weight is 648 g/mol. The smallest absolute Gasteiger partial charge is 0.164 e. The van der Waals surface area contributed by atoms with Crippen molar-refractivity contribution in [1.29, 1.82) is 0 Å². The van der Waals surface area contributed by atoms with E-state index in [9.17, 15) is 0 Å². The van der Waals surface area contributed by atoms with Crippen LogP contribution in [0.1, 0.15) is 0 Å². The molecule has 8 rings (SSSR count). The second kappa shape index (κ2) is 13.5. The summed E-state index contributed by atoms with van der Waals surface area (Å²) in [6.45, 7) is 0. The van der Waals surface area contributed by atoms with Gasteiger partial charge in [-0.1, -0.05) is 157 Å². The summed E-state index contributed by atoms with van der Waals surface area (Å²) in [5.41, 5.74) is 12.0. The molecule has 0 amide bonds. The molecule has 0 bridgehead atoms. The third-order valence-electron chi connectivity index (χ3n) is 8.62. The molecular formula is C45H30ClN3. The van der Waals surface area contributed by atoms with Crippen LogP contribution >= 0.6 is 11.6 Å². The van der Waals surface area contributed by atoms with Crippen molar-refractivity contribution in [3.8, 4) is 78.7 Å². The maximum atomic E-state index is 6.21. The lowest BCUT2D eigenvalue weighted by Crippen LogP contribution is -2.00. The Morgan fingerprint density at radius 3 is 1.04 bits per heavy atom. The zero-order valence-corrected chi connectivity index (χ0v) is 27.3. The van der Waals surface area contributed by atoms with Gasteiger partial charge >= 0.3 is 0 Å². The number of nitrogens with zero attached hydrogens (tertiary/aromatic N) is 3. The van der Waals surface area contributed by atoms with Gasteiger partial charge in [0.25, 0.3) is 0 Å². The van der Waals surface area contributed by atoms with Crippen molar-refractivity contribution in [3.05, 3.63) is 187 Å². The molecule has 0 aliphatic rings. The summed E-state index contributed by atoms with van der Waals surface area (Å²) in [5, 5.41) is 0.665. The lowest BCUT2D eigenvalue weighted by Gasteiger charge is -2.19. The van der Waals surface area contributed by atoms with Crippen LogP contribution in [-0.4, -0.2) is 15.0 Å². The Labute approximate surface area is 291 Å². The molecule has 0 aliphatic heterocycles. The van der Waals surface area contributed by atoms with E-state index >= 15 is 0 Å². The van der Waals surface area contributed by atoms with E-state index in [1.807, 2.05) is 54.6 Å². The van der Waals surface area contributed by atoms with Crippen LogP contribution in [0.5, 0.6) is 0 Å². The van der Waals surface area contributed by atoms with Gasteiger partial charge in [0.15, 0.2) is 17.5 Å². The minimum atomic E-state index is 0.596. The molecule has 0 saturated heterocycles. The van der Waals surface area contributed by atoms with Crippen LogP contribution in [0, 0.1) is 0 Å². The van der Waals surface area contributed by atoms with Crippen LogP contribution in [0.25, 0.3) is 78.7 Å². The molecule has 0 unspecified atom stereocenters. The van der Waals surface area contributed by atoms with Crippen LogP contribution in [-0.2, 0) is 0 Å². The quantitative estimate of drug-likeness (QED) is 0.173. The highest BCUT2D eigenvalue weighted by atomic mass is 35.5. The summed E-state index contributed by atoms with van der Waals surface area (Å²) in [7, 11) is 0. The molecule has 4 heteroatoms. The predicted molar refractivity (Wildman–Crippen MR) is 203 cm³/mol. The average Bonchev–Trinajstić information content (AvgIpc) is 3.19. The zero-order valence-electron chi connectivity index (χ0n) is 26.5. The number of aromatic nitrogens is 3. The van der Waals surface area contributed by atoms with Crippen molar-refractivity contribution in [2.45, 2.75) is 0 Å². The maximum absolute atomic E-state index is 6.21. The Morgan fingerprint density at radius 2 is 0.612 bits per heavy atom. The minimum absolute atomic E-state index is 0.596. The molecule has 232 valence electrons. The van der Waals surface area contributed by atoms with Crippen LogP contribution < -0.4 is 0 Å². The Morgan fingerprint density at radius 1 is 0.286 bits per heavy atom. The molecule has 1 heterocycles. The predicted octanol–water partition coefficient (Wildman–Crippen LogP) is 12.2. The molecule has 8 aromatic rings. The number of hydrogen-bond acceptors (Lipinski definition) is 3. The van der Waals surface area contributed by atoms with Crippen LogP contribution in [0.3, 0.4) is 0 Å². The van der Waals surface area contributed by atoms with E-state index < -0.39 is 0 Å². The van der Waals surface area contributed by atoms with Gasteiger partial charge in [-0.15, -0.1) is 0 Å². The van der Waals surface area contributed by atoms with E-state index in [2.05, 4.69) is 127 Å². The summed E-state index contributed by atoms with van der Waals surface area (Å²) >= 11 is 6.21. The molecule has 3 nitrogen and oxygen atoms in total. The number of halogens is 1. The second-order valence-electron chi connectivity index (χ2n) is 11.8. The summed E-state index contributed by atoms with van der Waals surface area (Å²) in [6.07, 6.45) is 0. The molecule has 0 atom stereocenters. The molecule has 0 N–H and O–H groups in total. The van der Waals surface area contributed by atoms with E-state index in [1.54, 1.807) is 0 Å². The van der Waals surface area contributed by atoms with Gasteiger partial charge in [0, 0.05) is 21.7 Å². The van der Waals surface area contributed by atoms with Crippen molar-refractivity contribution < 1.29 is 0 Å². The standard InChI is InChI=1S/C45H30ClN3/c46-39-27-25-37(26-28-39)45-48-43(35-19-11-4-12-20-35)47-44(49-45)36-23-21-34(22-24-36)42-40(32-15-7-2-8-16-32)29-38(31-13-5-1-6-14-31)30-41(42)33-17-9-3-10-18-33/h1-30H. The van der Waals surface area contributed by atoms with Crippen LogP contribution in [0.15, 0.2) is 182 Å². The van der Waals surface area contributed by atoms with Crippen molar-refractivity contribution in [2.75, 3.05) is 0 Å². The maximum Gasteiger partial charge on any atom is 0.164 e. The van der Waals surface area contributed by atoms with Gasteiger partial charge in [0.2, 0.25) is 0 Å². The van der Waals surface area contributed by atoms with E-state index in [-0.39, 0.29) is 0 Å². The first kappa shape index (κ1) is 30.2. The van der Waals surface area contributed by atoms with Crippen molar-refractivity contribution in [1.82, 2.24) is 15.0 Å². The molecule has 0 spiro atoms. The zero-order chi connectivity index (χ0) is 33.0. The molecule has 7 aromatic carbocycles. The first-order chi connectivity index (χ1) is 24.2. The highest BCUT2D eigenvalue weighted by molar-refractivity contribution is 6.30. The summed E-state index contributed by atoms with van der Waals surface area (Å²) in [6, 6.07) is 62.7. The normalized spacial score (nSPS) is 11.0. The van der Waals surface area contributed by atoms with Gasteiger partial charge in [-0.3, -0.25) is 0 Å². The van der Waals surface area contributed by atoms with Crippen molar-refractivity contribution >= 4 is 11.6 Å². The van der Waals surface area contributed by atoms with Gasteiger partial charge in [-0.2, -0.15) is 0 Å². The largest absolute Gasteiger partial charge is 0.208 e. The van der Waals surface area contributed by atoms with Crippen LogP contribution in [0.4, 0.5) is 0 Å². The van der Waals surface area contributed by atoms with Gasteiger partial charge in [0.1, 0.15) is 0 Å². The highest BCUT2D eigenvalue weighted by Gasteiger charge is 2.18. The van der Waals surface area contributed by atoms with Gasteiger partial charge in [-0.05, 0) is 80.9 Å². The minimum Gasteiger partial charge on any atom is -0.208 e. The number of rotatable bonds is 7. The van der Waals surface area contributed by atoms with Crippen molar-refractivity contribution in [3.63, 3.8) is 0 Å². The number of benzene rings is 7. The fourth-order valence-corrected chi connectivity index (χ4v) is 6.30. The Bertz CT molecular complexity index is 2280. The summed E-state index contributed by atoms with van der Waals surface area (Å²) < 4.78 is 0. The SMILES string of the molecule is Clc1ccc(-c2nc(-c3ccccc3)nc(-c3ccc(-c4c(-c5ccccc5)cc(-c5ccccc5)cc4-c4ccccc4)cc3)n2)cc1. The monoisotopic (exact) mass is 647 g/mol. The molecule has 0 aliphatic carbocycles. The number of hydrogen-bond donors (Lipinski definition) is 0. The van der Waals surface area contributed by atoms with E-state index in [1.165, 1.54) is 27.8 Å². The third kappa shape index (κ3) is 6.40. The molecular weight excluding hydrogens is 618 g/mol. The Kier molecular flexibility index (Phi) is 8.33. The van der Waals surface area contributed by atoms with Gasteiger partial charge < -0.3 is 0 Å². The Balaban J connectivity index is 1.30. The van der Waals surface area contributed by atoms with Crippen LogP contribution in [0.2, 0.25) is 5.02 Å². The summed E-state index contributed by atoms with van der Waals surface area (Å²) in [5.74, 6) is 1.82. The lowest BCUT2D eigenvalue weighted by atomic mass is 9.84. The second-order valence-corrected chi connectivity index (χ2v) is 12.2. The van der Waals surface area contributed by atoms with Gasteiger partial charge in [-0.25, -0.2) is 15.0 Å². The first-order valence-electron chi connectivity index (χ1n) is 16.2. The van der Waals surface area contributed by atoms with E-state index in [0.29, 0.717) is 22.5 Å². The molecule has 1 aromatic heterocycles. The first-order valence-corrected chi connectivity index (χ1v) is 16.6. The van der Waals surface area contributed by atoms with Crippen molar-refractivity contribution in [2.24, 2.45) is 0 Å². The lowest BCUT2D eigenvalue weighted by molar-refractivity contribution is 1.07. The molecule has 0 radical (unpaired) electrons. The molecule has 0 saturated carbocycles.